The molecule has 0 aliphatic heterocycles. The van der Waals surface area contributed by atoms with Gasteiger partial charge in [0.25, 0.3) is 0 Å². The molecule has 3 rings (SSSR count). The molecule has 0 heterocycles. The summed E-state index contributed by atoms with van der Waals surface area (Å²) in [6.45, 7) is 2.34. The SMILES string of the molecule is COC(=O)[C@@H]1[C@H](O)CC[C@@]2(C)[C@@H]([Se]c3ccccc3)CC[C@@H]12. The van der Waals surface area contributed by atoms with E-state index in [1.807, 2.05) is 0 Å². The molecule has 4 heteroatoms. The van der Waals surface area contributed by atoms with E-state index in [0.29, 0.717) is 26.2 Å². The first-order chi connectivity index (χ1) is 10.6. The number of benzene rings is 1. The van der Waals surface area contributed by atoms with Crippen molar-refractivity contribution < 1.29 is 14.6 Å². The van der Waals surface area contributed by atoms with Gasteiger partial charge < -0.3 is 0 Å². The molecule has 0 spiro atoms. The number of aliphatic hydroxyl groups is 1. The van der Waals surface area contributed by atoms with Crippen molar-refractivity contribution >= 4 is 25.4 Å². The van der Waals surface area contributed by atoms with Gasteiger partial charge in [-0.1, -0.05) is 0 Å². The molecule has 2 saturated carbocycles. The molecule has 0 radical (unpaired) electrons. The average Bonchev–Trinajstić information content (AvgIpc) is 2.85. The summed E-state index contributed by atoms with van der Waals surface area (Å²) in [5, 5.41) is 10.3. The van der Waals surface area contributed by atoms with Gasteiger partial charge in [-0.2, -0.15) is 0 Å². The summed E-state index contributed by atoms with van der Waals surface area (Å²) in [6.07, 6.45) is 3.40. The van der Waals surface area contributed by atoms with Gasteiger partial charge in [0.1, 0.15) is 0 Å². The van der Waals surface area contributed by atoms with E-state index >= 15 is 0 Å². The number of fused-ring (bicyclic) bond motifs is 1. The Morgan fingerprint density at radius 2 is 2.00 bits per heavy atom. The Kier molecular flexibility index (Phi) is 4.63. The van der Waals surface area contributed by atoms with Gasteiger partial charge in [-0.05, 0) is 0 Å². The van der Waals surface area contributed by atoms with Crippen molar-refractivity contribution in [1.29, 1.82) is 0 Å². The third-order valence-corrected chi connectivity index (χ3v) is 9.01. The topological polar surface area (TPSA) is 46.5 Å². The van der Waals surface area contributed by atoms with Gasteiger partial charge in [-0.3, -0.25) is 0 Å². The molecule has 3 nitrogen and oxygen atoms in total. The predicted octanol–water partition coefficient (Wildman–Crippen LogP) is 2.16. The Morgan fingerprint density at radius 3 is 2.68 bits per heavy atom. The Morgan fingerprint density at radius 1 is 1.27 bits per heavy atom. The van der Waals surface area contributed by atoms with E-state index in [9.17, 15) is 9.90 Å². The summed E-state index contributed by atoms with van der Waals surface area (Å²) in [4.78, 5) is 12.8. The van der Waals surface area contributed by atoms with E-state index in [1.165, 1.54) is 11.6 Å². The van der Waals surface area contributed by atoms with Crippen molar-refractivity contribution in [3.8, 4) is 0 Å². The van der Waals surface area contributed by atoms with Crippen LogP contribution in [0.25, 0.3) is 0 Å². The standard InChI is InChI=1S/C18H24O3Se/c1-18-11-10-14(19)16(17(20)21-2)13(18)8-9-15(18)22-12-6-4-3-5-7-12/h3-7,13-16,19H,8-11H2,1-2H3/t13-,14+,15-,16-,18+/m0/s1. The number of rotatable bonds is 3. The van der Waals surface area contributed by atoms with Gasteiger partial charge in [0.05, 0.1) is 0 Å². The Labute approximate surface area is 138 Å². The number of esters is 1. The molecule has 120 valence electrons. The monoisotopic (exact) mass is 368 g/mol. The van der Waals surface area contributed by atoms with Crippen molar-refractivity contribution in [3.63, 3.8) is 0 Å². The minimum absolute atomic E-state index is 0.161. The van der Waals surface area contributed by atoms with E-state index in [1.54, 1.807) is 0 Å². The van der Waals surface area contributed by atoms with Crippen LogP contribution in [0.3, 0.4) is 0 Å². The molecule has 0 unspecified atom stereocenters. The zero-order valence-corrected chi connectivity index (χ0v) is 14.9. The van der Waals surface area contributed by atoms with Crippen LogP contribution in [0.4, 0.5) is 0 Å². The van der Waals surface area contributed by atoms with Gasteiger partial charge in [0, 0.05) is 0 Å². The third kappa shape index (κ3) is 2.73. The van der Waals surface area contributed by atoms with Crippen LogP contribution in [0.5, 0.6) is 0 Å². The van der Waals surface area contributed by atoms with Crippen molar-refractivity contribution in [2.45, 2.75) is 43.5 Å². The second-order valence-corrected chi connectivity index (χ2v) is 9.44. The second-order valence-electron chi connectivity index (χ2n) is 6.76. The van der Waals surface area contributed by atoms with E-state index in [4.69, 9.17) is 4.74 Å². The average molecular weight is 367 g/mol. The van der Waals surface area contributed by atoms with E-state index in [-0.39, 0.29) is 23.2 Å². The molecule has 1 N–H and O–H groups in total. The summed E-state index contributed by atoms with van der Waals surface area (Å²) in [6, 6.07) is 10.7. The van der Waals surface area contributed by atoms with Crippen LogP contribution in [-0.4, -0.2) is 39.2 Å². The molecule has 5 atom stereocenters. The number of carbonyl (C=O) groups excluding carboxylic acids is 1. The van der Waals surface area contributed by atoms with Crippen LogP contribution < -0.4 is 4.46 Å². The fourth-order valence-electron chi connectivity index (χ4n) is 4.39. The zero-order valence-electron chi connectivity index (χ0n) is 13.2. The molecule has 0 saturated heterocycles. The molecule has 0 amide bonds. The Balaban J connectivity index is 1.82. The summed E-state index contributed by atoms with van der Waals surface area (Å²) in [5.41, 5.74) is 0.161. The normalized spacial score (nSPS) is 37.6. The Hall–Kier alpha value is -0.831. The van der Waals surface area contributed by atoms with Gasteiger partial charge >= 0.3 is 138 Å². The number of aliphatic hydroxyl groups excluding tert-OH is 1. The predicted molar refractivity (Wildman–Crippen MR) is 87.2 cm³/mol. The van der Waals surface area contributed by atoms with Crippen LogP contribution in [0.1, 0.15) is 32.6 Å². The van der Waals surface area contributed by atoms with Crippen molar-refractivity contribution in [1.82, 2.24) is 0 Å². The molecule has 0 aromatic heterocycles. The van der Waals surface area contributed by atoms with Gasteiger partial charge in [0.15, 0.2) is 0 Å². The van der Waals surface area contributed by atoms with Gasteiger partial charge in [0.2, 0.25) is 0 Å². The fourth-order valence-corrected chi connectivity index (χ4v) is 7.45. The van der Waals surface area contributed by atoms with Crippen molar-refractivity contribution in [3.05, 3.63) is 30.3 Å². The third-order valence-electron chi connectivity index (χ3n) is 5.64. The summed E-state index contributed by atoms with van der Waals surface area (Å²) < 4.78 is 6.41. The van der Waals surface area contributed by atoms with Crippen LogP contribution >= 0.6 is 0 Å². The van der Waals surface area contributed by atoms with Crippen LogP contribution in [0, 0.1) is 17.3 Å². The molecule has 1 aromatic rings. The first kappa shape index (κ1) is 16.0. The molecule has 2 aliphatic rings. The molecular weight excluding hydrogens is 343 g/mol. The van der Waals surface area contributed by atoms with E-state index in [2.05, 4.69) is 37.3 Å². The Bertz CT molecular complexity index is 532. The molecular formula is C18H24O3Se. The minimum atomic E-state index is -0.534. The van der Waals surface area contributed by atoms with Crippen LogP contribution in [0.15, 0.2) is 30.3 Å². The van der Waals surface area contributed by atoms with Crippen molar-refractivity contribution in [2.75, 3.05) is 7.11 Å². The number of ether oxygens (including phenoxy) is 1. The summed E-state index contributed by atoms with van der Waals surface area (Å²) in [7, 11) is 1.43. The van der Waals surface area contributed by atoms with E-state index < -0.39 is 6.10 Å². The van der Waals surface area contributed by atoms with Crippen molar-refractivity contribution in [2.24, 2.45) is 17.3 Å². The fraction of sp³-hybridized carbons (Fsp3) is 0.611. The second kappa shape index (κ2) is 6.35. The molecule has 22 heavy (non-hydrogen) atoms. The number of hydrogen-bond acceptors (Lipinski definition) is 3. The van der Waals surface area contributed by atoms with E-state index in [0.717, 1.165) is 19.3 Å². The molecule has 2 fully saturated rings. The first-order valence-electron chi connectivity index (χ1n) is 8.04. The van der Waals surface area contributed by atoms with Crippen LogP contribution in [-0.2, 0) is 9.53 Å². The molecule has 0 bridgehead atoms. The number of hydrogen-bond donors (Lipinski definition) is 1. The first-order valence-corrected chi connectivity index (χ1v) is 9.88. The maximum absolute atomic E-state index is 12.1. The van der Waals surface area contributed by atoms with Gasteiger partial charge in [-0.25, -0.2) is 0 Å². The van der Waals surface area contributed by atoms with Crippen LogP contribution in [0.2, 0.25) is 4.82 Å². The quantitative estimate of drug-likeness (QED) is 0.658. The molecule has 1 aromatic carbocycles. The maximum atomic E-state index is 12.1. The zero-order chi connectivity index (χ0) is 15.7. The number of carbonyl (C=O) groups is 1. The number of methoxy groups -OCH3 is 1. The summed E-state index contributed by atoms with van der Waals surface area (Å²) in [5.74, 6) is -0.295. The van der Waals surface area contributed by atoms with Gasteiger partial charge in [-0.15, -0.1) is 0 Å². The molecule has 2 aliphatic carbocycles. The summed E-state index contributed by atoms with van der Waals surface area (Å²) >= 11 is 0.424.